The Labute approximate surface area is 319 Å². The Morgan fingerprint density at radius 1 is 0.519 bits per heavy atom. The number of unbranched alkanes of at least 4 members (excludes halogenated alkanes) is 14. The van der Waals surface area contributed by atoms with Gasteiger partial charge in [0.05, 0.1) is 0 Å². The first-order valence-electron chi connectivity index (χ1n) is 21.1. The average Bonchev–Trinajstić information content (AvgIpc) is 3.13. The predicted octanol–water partition coefficient (Wildman–Crippen LogP) is 13.0. The van der Waals surface area contributed by atoms with Crippen LogP contribution in [0.15, 0.2) is 72.9 Å². The van der Waals surface area contributed by atoms with Crippen LogP contribution in [0.4, 0.5) is 0 Å². The van der Waals surface area contributed by atoms with E-state index in [4.69, 9.17) is 9.84 Å². The number of nitrogens with one attached hydrogen (secondary N) is 1. The first kappa shape index (κ1) is 48.9. The van der Waals surface area contributed by atoms with Gasteiger partial charge in [-0.25, -0.2) is 0 Å². The van der Waals surface area contributed by atoms with Crippen LogP contribution in [0.3, 0.4) is 0 Å². The Kier molecular flexibility index (Phi) is 38.2. The summed E-state index contributed by atoms with van der Waals surface area (Å²) >= 11 is 0. The van der Waals surface area contributed by atoms with Gasteiger partial charge in [0.2, 0.25) is 5.91 Å². The normalized spacial score (nSPS) is 12.8. The highest BCUT2D eigenvalue weighted by molar-refractivity contribution is 5.80. The Balaban J connectivity index is 4.33. The van der Waals surface area contributed by atoms with Crippen molar-refractivity contribution in [2.24, 2.45) is 0 Å². The molecule has 0 aliphatic heterocycles. The second kappa shape index (κ2) is 40.6. The lowest BCUT2D eigenvalue weighted by Gasteiger charge is -2.18. The summed E-state index contributed by atoms with van der Waals surface area (Å²) in [5.74, 6) is -1.28. The summed E-state index contributed by atoms with van der Waals surface area (Å²) in [5.41, 5.74) is 0. The van der Waals surface area contributed by atoms with E-state index in [0.29, 0.717) is 12.8 Å². The summed E-state index contributed by atoms with van der Waals surface area (Å²) in [6, 6.07) is 0. The maximum Gasteiger partial charge on any atom is 0.322 e. The molecule has 0 saturated heterocycles. The Bertz CT molecular complexity index is 1020. The van der Waals surface area contributed by atoms with Gasteiger partial charge in [-0.05, 0) is 109 Å². The topological polar surface area (TPSA) is 92.7 Å². The van der Waals surface area contributed by atoms with Crippen molar-refractivity contribution in [1.29, 1.82) is 0 Å². The molecule has 0 fully saturated rings. The summed E-state index contributed by atoms with van der Waals surface area (Å²) in [6.07, 6.45) is 54.4. The van der Waals surface area contributed by atoms with Crippen LogP contribution in [-0.2, 0) is 19.1 Å². The minimum absolute atomic E-state index is 0.0234. The van der Waals surface area contributed by atoms with E-state index < -0.39 is 5.97 Å². The molecule has 0 aliphatic carbocycles. The van der Waals surface area contributed by atoms with Crippen LogP contribution >= 0.6 is 0 Å². The number of aliphatic carboxylic acids is 1. The van der Waals surface area contributed by atoms with Crippen molar-refractivity contribution >= 4 is 17.8 Å². The number of amides is 1. The highest BCUT2D eigenvalue weighted by Gasteiger charge is 2.14. The third kappa shape index (κ3) is 39.6. The molecule has 1 unspecified atom stereocenters. The van der Waals surface area contributed by atoms with Crippen molar-refractivity contribution in [3.8, 4) is 0 Å². The first-order chi connectivity index (χ1) is 25.5. The van der Waals surface area contributed by atoms with Crippen molar-refractivity contribution in [2.45, 2.75) is 193 Å². The summed E-state index contributed by atoms with van der Waals surface area (Å²) in [4.78, 5) is 35.0. The summed E-state index contributed by atoms with van der Waals surface area (Å²) in [5, 5.41) is 11.1. The maximum atomic E-state index is 12.7. The predicted molar refractivity (Wildman–Crippen MR) is 221 cm³/mol. The second-order valence-electron chi connectivity index (χ2n) is 13.9. The zero-order chi connectivity index (χ0) is 38.0. The number of allylic oxidation sites excluding steroid dienone is 12. The molecule has 0 spiro atoms. The molecule has 6 nitrogen and oxygen atoms in total. The molecule has 296 valence electrons. The highest BCUT2D eigenvalue weighted by atomic mass is 16.5. The van der Waals surface area contributed by atoms with E-state index >= 15 is 0 Å². The lowest BCUT2D eigenvalue weighted by Crippen LogP contribution is -2.28. The van der Waals surface area contributed by atoms with E-state index in [9.17, 15) is 14.4 Å². The largest absolute Gasteiger partial charge is 0.480 e. The molecule has 0 aromatic rings. The Hall–Kier alpha value is -3.15. The van der Waals surface area contributed by atoms with Gasteiger partial charge in [0.15, 0.2) is 0 Å². The molecule has 0 heterocycles. The molecule has 0 saturated carbocycles. The number of carbonyl (C=O) groups is 3. The van der Waals surface area contributed by atoms with Crippen LogP contribution in [0.25, 0.3) is 0 Å². The molecular weight excluding hydrogens is 647 g/mol. The van der Waals surface area contributed by atoms with Crippen LogP contribution in [-0.4, -0.2) is 35.6 Å². The Morgan fingerprint density at radius 3 is 1.48 bits per heavy atom. The van der Waals surface area contributed by atoms with Crippen LogP contribution < -0.4 is 5.32 Å². The molecule has 0 aromatic carbocycles. The van der Waals surface area contributed by atoms with Gasteiger partial charge in [-0.2, -0.15) is 0 Å². The van der Waals surface area contributed by atoms with Gasteiger partial charge in [0, 0.05) is 12.8 Å². The van der Waals surface area contributed by atoms with E-state index in [1.165, 1.54) is 44.9 Å². The van der Waals surface area contributed by atoms with Crippen molar-refractivity contribution < 1.29 is 24.2 Å². The molecular formula is C46H77NO5. The van der Waals surface area contributed by atoms with Gasteiger partial charge in [-0.15, -0.1) is 0 Å². The van der Waals surface area contributed by atoms with E-state index in [1.807, 2.05) is 0 Å². The molecule has 1 amide bonds. The number of carboxylic acids is 1. The molecule has 52 heavy (non-hydrogen) atoms. The zero-order valence-electron chi connectivity index (χ0n) is 33.4. The van der Waals surface area contributed by atoms with Gasteiger partial charge in [-0.3, -0.25) is 14.4 Å². The van der Waals surface area contributed by atoms with Gasteiger partial charge < -0.3 is 15.2 Å². The van der Waals surface area contributed by atoms with Gasteiger partial charge in [-0.1, -0.05) is 138 Å². The van der Waals surface area contributed by atoms with Crippen molar-refractivity contribution in [2.75, 3.05) is 6.54 Å². The van der Waals surface area contributed by atoms with Crippen molar-refractivity contribution in [3.05, 3.63) is 72.9 Å². The first-order valence-corrected chi connectivity index (χ1v) is 21.1. The third-order valence-electron chi connectivity index (χ3n) is 8.86. The summed E-state index contributed by atoms with van der Waals surface area (Å²) in [6.45, 7) is 4.07. The number of esters is 1. The lowest BCUT2D eigenvalue weighted by atomic mass is 10.0. The second-order valence-corrected chi connectivity index (χ2v) is 13.9. The monoisotopic (exact) mass is 724 g/mol. The number of ether oxygens (including phenoxy) is 1. The van der Waals surface area contributed by atoms with Crippen molar-refractivity contribution in [3.63, 3.8) is 0 Å². The SMILES string of the molecule is CC/C=C\C/C=C\C/C=C\C/C=C\CCCCC(CCCCCCCC(=O)NCC(=O)O)OC(=O)CCCCCCC/C=C\C/C=C\CCCCC. The van der Waals surface area contributed by atoms with Gasteiger partial charge >= 0.3 is 11.9 Å². The highest BCUT2D eigenvalue weighted by Crippen LogP contribution is 2.18. The van der Waals surface area contributed by atoms with E-state index in [1.54, 1.807) is 0 Å². The van der Waals surface area contributed by atoms with Gasteiger partial charge in [0.25, 0.3) is 0 Å². The maximum absolute atomic E-state index is 12.7. The Morgan fingerprint density at radius 2 is 0.942 bits per heavy atom. The third-order valence-corrected chi connectivity index (χ3v) is 8.86. The van der Waals surface area contributed by atoms with Crippen LogP contribution in [0, 0.1) is 0 Å². The zero-order valence-corrected chi connectivity index (χ0v) is 33.4. The van der Waals surface area contributed by atoms with E-state index in [0.717, 1.165) is 116 Å². The standard InChI is InChI=1S/C46H77NO5/c1-3-5-7-9-11-13-15-17-19-21-23-25-27-30-34-38-43(39-35-31-29-32-36-40-44(48)47-42-45(49)50)52-46(51)41-37-33-28-26-24-22-20-18-16-14-12-10-8-6-4-2/h5,7,11-14,17-20,23,25,43H,3-4,6,8-10,15-16,21-22,24,26-42H2,1-2H3,(H,47,48)(H,49,50)/b7-5-,13-11-,14-12-,19-17-,20-18-,25-23-. The van der Waals surface area contributed by atoms with Gasteiger partial charge in [0.1, 0.15) is 12.6 Å². The number of carboxylic acid groups (broad SMARTS) is 1. The number of hydrogen-bond donors (Lipinski definition) is 2. The van der Waals surface area contributed by atoms with E-state index in [2.05, 4.69) is 92.1 Å². The van der Waals surface area contributed by atoms with Crippen LogP contribution in [0.2, 0.25) is 0 Å². The molecule has 0 bridgehead atoms. The minimum Gasteiger partial charge on any atom is -0.480 e. The molecule has 0 rings (SSSR count). The summed E-state index contributed by atoms with van der Waals surface area (Å²) < 4.78 is 6.00. The molecule has 0 radical (unpaired) electrons. The number of rotatable bonds is 37. The fraction of sp³-hybridized carbons (Fsp3) is 0.674. The molecule has 2 N–H and O–H groups in total. The molecule has 1 atom stereocenters. The number of carbonyl (C=O) groups excluding carboxylic acids is 2. The number of hydrogen-bond acceptors (Lipinski definition) is 4. The smallest absolute Gasteiger partial charge is 0.322 e. The summed E-state index contributed by atoms with van der Waals surface area (Å²) in [7, 11) is 0. The quantitative estimate of drug-likeness (QED) is 0.0378. The minimum atomic E-state index is -1.02. The molecule has 6 heteroatoms. The van der Waals surface area contributed by atoms with Crippen LogP contribution in [0.5, 0.6) is 0 Å². The fourth-order valence-electron chi connectivity index (χ4n) is 5.77. The average molecular weight is 724 g/mol. The van der Waals surface area contributed by atoms with Crippen molar-refractivity contribution in [1.82, 2.24) is 5.32 Å². The lowest BCUT2D eigenvalue weighted by molar-refractivity contribution is -0.150. The van der Waals surface area contributed by atoms with Crippen LogP contribution in [0.1, 0.15) is 187 Å². The molecule has 0 aliphatic rings. The van der Waals surface area contributed by atoms with E-state index in [-0.39, 0.29) is 24.5 Å². The fourth-order valence-corrected chi connectivity index (χ4v) is 5.77. The molecule has 0 aromatic heterocycles.